The van der Waals surface area contributed by atoms with Crippen LogP contribution in [-0.4, -0.2) is 44.8 Å². The fourth-order valence-electron chi connectivity index (χ4n) is 4.61. The maximum absolute atomic E-state index is 14.3. The van der Waals surface area contributed by atoms with E-state index < -0.39 is 28.5 Å². The number of sulfonamides is 1. The fourth-order valence-corrected chi connectivity index (χ4v) is 6.50. The number of amides is 2. The Morgan fingerprint density at radius 2 is 1.45 bits per heavy atom. The summed E-state index contributed by atoms with van der Waals surface area (Å²) in [6.07, 6.45) is 0.224. The van der Waals surface area contributed by atoms with Gasteiger partial charge in [-0.3, -0.25) is 13.9 Å². The first-order chi connectivity index (χ1) is 20.1. The zero-order valence-electron chi connectivity index (χ0n) is 23.2. The van der Waals surface area contributed by atoms with E-state index in [1.54, 1.807) is 24.3 Å². The quantitative estimate of drug-likeness (QED) is 0.226. The lowest BCUT2D eigenvalue weighted by Gasteiger charge is -2.34. The van der Waals surface area contributed by atoms with Crippen molar-refractivity contribution in [3.63, 3.8) is 0 Å². The van der Waals surface area contributed by atoms with E-state index in [4.69, 9.17) is 23.2 Å². The minimum atomic E-state index is -4.27. The molecule has 0 aliphatic carbocycles. The summed E-state index contributed by atoms with van der Waals surface area (Å²) in [5.74, 6) is -0.961. The van der Waals surface area contributed by atoms with Gasteiger partial charge < -0.3 is 10.2 Å². The molecule has 0 aliphatic heterocycles. The van der Waals surface area contributed by atoms with E-state index in [0.717, 1.165) is 21.0 Å². The number of hydrogen-bond donors (Lipinski definition) is 1. The second kappa shape index (κ2) is 13.9. The van der Waals surface area contributed by atoms with Gasteiger partial charge in [-0.2, -0.15) is 0 Å². The third kappa shape index (κ3) is 7.13. The van der Waals surface area contributed by atoms with Gasteiger partial charge in [0.2, 0.25) is 11.8 Å². The Kier molecular flexibility index (Phi) is 10.3. The molecule has 0 heterocycles. The molecule has 0 spiro atoms. The lowest BCUT2D eigenvalue weighted by atomic mass is 10.0. The van der Waals surface area contributed by atoms with Gasteiger partial charge in [0.25, 0.3) is 10.0 Å². The van der Waals surface area contributed by atoms with Crippen molar-refractivity contribution in [3.05, 3.63) is 130 Å². The summed E-state index contributed by atoms with van der Waals surface area (Å²) in [6, 6.07) is 28.3. The van der Waals surface area contributed by atoms with E-state index >= 15 is 0 Å². The molecule has 0 saturated carbocycles. The van der Waals surface area contributed by atoms with E-state index in [9.17, 15) is 18.0 Å². The van der Waals surface area contributed by atoms with E-state index in [2.05, 4.69) is 5.32 Å². The Morgan fingerprint density at radius 1 is 0.833 bits per heavy atom. The van der Waals surface area contributed by atoms with Crippen molar-refractivity contribution >= 4 is 50.7 Å². The lowest BCUT2D eigenvalue weighted by Crippen LogP contribution is -2.53. The van der Waals surface area contributed by atoms with Crippen LogP contribution < -0.4 is 9.62 Å². The average Bonchev–Trinajstić information content (AvgIpc) is 3.00. The summed E-state index contributed by atoms with van der Waals surface area (Å²) in [4.78, 5) is 29.1. The first-order valence-corrected chi connectivity index (χ1v) is 15.4. The predicted octanol–water partition coefficient (Wildman–Crippen LogP) is 5.88. The number of rotatable bonds is 11. The summed E-state index contributed by atoms with van der Waals surface area (Å²) >= 11 is 12.8. The Labute approximate surface area is 256 Å². The largest absolute Gasteiger partial charge is 0.357 e. The molecule has 4 rings (SSSR count). The first kappa shape index (κ1) is 31.1. The van der Waals surface area contributed by atoms with Crippen molar-refractivity contribution in [2.75, 3.05) is 17.9 Å². The highest BCUT2D eigenvalue weighted by Gasteiger charge is 2.35. The number of aryl methyl sites for hydroxylation is 1. The van der Waals surface area contributed by atoms with Gasteiger partial charge in [0, 0.05) is 20.0 Å². The molecule has 10 heteroatoms. The van der Waals surface area contributed by atoms with Crippen LogP contribution in [0.3, 0.4) is 0 Å². The number of anilines is 1. The molecule has 0 saturated heterocycles. The topological polar surface area (TPSA) is 86.8 Å². The zero-order chi connectivity index (χ0) is 30.3. The second-order valence-corrected chi connectivity index (χ2v) is 12.3. The standard InChI is InChI=1S/C32H31Cl2N3O4S/c1-23-12-9-10-15-25(23)21-36(29(32(39)35-2)20-24-13-5-3-6-14-24)30(38)22-37(28-19-11-18-27(33)31(28)34)42(40,41)26-16-7-4-8-17-26/h3-19,29H,20-22H2,1-2H3,(H,35,39)/t29-/m0/s1. The minimum absolute atomic E-state index is 0.0101. The molecule has 218 valence electrons. The Balaban J connectivity index is 1.82. The second-order valence-electron chi connectivity index (χ2n) is 9.67. The van der Waals surface area contributed by atoms with Crippen molar-refractivity contribution < 1.29 is 18.0 Å². The monoisotopic (exact) mass is 623 g/mol. The summed E-state index contributed by atoms with van der Waals surface area (Å²) < 4.78 is 28.9. The fraction of sp³-hybridized carbons (Fsp3) is 0.188. The molecule has 42 heavy (non-hydrogen) atoms. The van der Waals surface area contributed by atoms with Crippen molar-refractivity contribution in [2.45, 2.75) is 30.8 Å². The smallest absolute Gasteiger partial charge is 0.264 e. The molecule has 0 aliphatic rings. The molecule has 7 nitrogen and oxygen atoms in total. The van der Waals surface area contributed by atoms with Crippen molar-refractivity contribution in [2.24, 2.45) is 0 Å². The summed E-state index contributed by atoms with van der Waals surface area (Å²) in [5.41, 5.74) is 2.65. The van der Waals surface area contributed by atoms with Gasteiger partial charge in [-0.15, -0.1) is 0 Å². The highest BCUT2D eigenvalue weighted by molar-refractivity contribution is 7.92. The molecule has 0 unspecified atom stereocenters. The van der Waals surface area contributed by atoms with Crippen LogP contribution in [-0.2, 0) is 32.6 Å². The molecular formula is C32H31Cl2N3O4S. The molecule has 1 atom stereocenters. The molecule has 0 bridgehead atoms. The van der Waals surface area contributed by atoms with Gasteiger partial charge in [-0.05, 0) is 47.9 Å². The number of carbonyl (C=O) groups is 2. The number of likely N-dealkylation sites (N-methyl/N-ethyl adjacent to an activating group) is 1. The predicted molar refractivity (Wildman–Crippen MR) is 167 cm³/mol. The van der Waals surface area contributed by atoms with Gasteiger partial charge in [-0.1, -0.05) is 102 Å². The highest BCUT2D eigenvalue weighted by atomic mass is 35.5. The number of hydrogen-bond acceptors (Lipinski definition) is 4. The van der Waals surface area contributed by atoms with Crippen molar-refractivity contribution in [1.82, 2.24) is 10.2 Å². The molecule has 2 amide bonds. The number of benzene rings is 4. The Hall–Kier alpha value is -3.85. The van der Waals surface area contributed by atoms with Crippen LogP contribution in [0.15, 0.2) is 108 Å². The molecule has 0 radical (unpaired) electrons. The van der Waals surface area contributed by atoms with Crippen LogP contribution in [0.5, 0.6) is 0 Å². The van der Waals surface area contributed by atoms with Gasteiger partial charge >= 0.3 is 0 Å². The van der Waals surface area contributed by atoms with Crippen LogP contribution in [0, 0.1) is 6.92 Å². The molecule has 0 aromatic heterocycles. The van der Waals surface area contributed by atoms with Crippen LogP contribution in [0.1, 0.15) is 16.7 Å². The average molecular weight is 625 g/mol. The van der Waals surface area contributed by atoms with E-state index in [1.807, 2.05) is 61.5 Å². The van der Waals surface area contributed by atoms with Crippen molar-refractivity contribution in [1.29, 1.82) is 0 Å². The third-order valence-corrected chi connectivity index (χ3v) is 9.51. The van der Waals surface area contributed by atoms with Gasteiger partial charge in [0.1, 0.15) is 12.6 Å². The molecule has 4 aromatic rings. The zero-order valence-corrected chi connectivity index (χ0v) is 25.5. The minimum Gasteiger partial charge on any atom is -0.357 e. The van der Waals surface area contributed by atoms with Crippen molar-refractivity contribution in [3.8, 4) is 0 Å². The van der Waals surface area contributed by atoms with Gasteiger partial charge in [0.05, 0.1) is 20.6 Å². The Morgan fingerprint density at radius 3 is 2.10 bits per heavy atom. The molecule has 0 fully saturated rings. The first-order valence-electron chi connectivity index (χ1n) is 13.2. The normalized spacial score (nSPS) is 11.9. The number of carbonyl (C=O) groups excluding carboxylic acids is 2. The third-order valence-electron chi connectivity index (χ3n) is 6.93. The lowest BCUT2D eigenvalue weighted by molar-refractivity contribution is -0.139. The number of nitrogens with one attached hydrogen (secondary N) is 1. The van der Waals surface area contributed by atoms with Crippen LogP contribution in [0.25, 0.3) is 0 Å². The van der Waals surface area contributed by atoms with Crippen LogP contribution in [0.4, 0.5) is 5.69 Å². The SMILES string of the molecule is CNC(=O)[C@H](Cc1ccccc1)N(Cc1ccccc1C)C(=O)CN(c1cccc(Cl)c1Cl)S(=O)(=O)c1ccccc1. The van der Waals surface area contributed by atoms with E-state index in [-0.39, 0.29) is 39.5 Å². The maximum Gasteiger partial charge on any atom is 0.264 e. The highest BCUT2D eigenvalue weighted by Crippen LogP contribution is 2.35. The van der Waals surface area contributed by atoms with Gasteiger partial charge in [0.15, 0.2) is 0 Å². The van der Waals surface area contributed by atoms with Gasteiger partial charge in [-0.25, -0.2) is 8.42 Å². The maximum atomic E-state index is 14.3. The molecule has 1 N–H and O–H groups in total. The van der Waals surface area contributed by atoms with Crippen LogP contribution in [0.2, 0.25) is 10.0 Å². The molecule has 4 aromatic carbocycles. The van der Waals surface area contributed by atoms with E-state index in [1.165, 1.54) is 36.2 Å². The van der Waals surface area contributed by atoms with E-state index in [0.29, 0.717) is 0 Å². The van der Waals surface area contributed by atoms with Crippen LogP contribution >= 0.6 is 23.2 Å². The summed E-state index contributed by atoms with van der Waals surface area (Å²) in [7, 11) is -2.76. The number of nitrogens with zero attached hydrogens (tertiary/aromatic N) is 2. The summed E-state index contributed by atoms with van der Waals surface area (Å²) in [6.45, 7) is 1.38. The summed E-state index contributed by atoms with van der Waals surface area (Å²) in [5, 5.41) is 2.80. The molecular weight excluding hydrogens is 593 g/mol. The number of halogens is 2. The Bertz CT molecular complexity index is 1650.